The number of likely N-dealkylation sites (tertiary alicyclic amines) is 1. The van der Waals surface area contributed by atoms with Gasteiger partial charge in [-0.25, -0.2) is 8.78 Å². The Morgan fingerprint density at radius 1 is 1.29 bits per heavy atom. The standard InChI is InChI=1S/C15H16F2N2O2/c1-10-2-3-11(13(17)12(10)16)14(20)19-8-5-15(6-9-19)4-7-18-21-15/h2-3,7H,4-6,8-9H2,1H3. The quantitative estimate of drug-likeness (QED) is 0.799. The molecule has 112 valence electrons. The molecule has 1 aromatic carbocycles. The molecule has 0 unspecified atom stereocenters. The van der Waals surface area contributed by atoms with Gasteiger partial charge in [0.25, 0.3) is 5.91 Å². The Morgan fingerprint density at radius 3 is 2.62 bits per heavy atom. The molecular weight excluding hydrogens is 278 g/mol. The largest absolute Gasteiger partial charge is 0.389 e. The van der Waals surface area contributed by atoms with Crippen molar-refractivity contribution in [2.45, 2.75) is 31.8 Å². The molecule has 1 fully saturated rings. The SMILES string of the molecule is Cc1ccc(C(=O)N2CCC3(CC=NO3)CC2)c(F)c1F. The van der Waals surface area contributed by atoms with E-state index in [4.69, 9.17) is 4.84 Å². The number of hydrogen-bond donors (Lipinski definition) is 0. The average molecular weight is 294 g/mol. The Balaban J connectivity index is 1.74. The van der Waals surface area contributed by atoms with Gasteiger partial charge in [0.2, 0.25) is 0 Å². The highest BCUT2D eigenvalue weighted by Crippen LogP contribution is 2.33. The molecule has 0 aromatic heterocycles. The highest BCUT2D eigenvalue weighted by molar-refractivity contribution is 5.94. The van der Waals surface area contributed by atoms with E-state index in [0.29, 0.717) is 25.9 Å². The van der Waals surface area contributed by atoms with Crippen LogP contribution in [0.15, 0.2) is 17.3 Å². The summed E-state index contributed by atoms with van der Waals surface area (Å²) in [6.45, 7) is 2.38. The van der Waals surface area contributed by atoms with Crippen molar-refractivity contribution in [3.05, 3.63) is 34.9 Å². The van der Waals surface area contributed by atoms with Gasteiger partial charge in [-0.05, 0) is 18.6 Å². The van der Waals surface area contributed by atoms with Gasteiger partial charge in [-0.1, -0.05) is 11.2 Å². The molecule has 0 bridgehead atoms. The van der Waals surface area contributed by atoms with Crippen LogP contribution in [-0.2, 0) is 4.84 Å². The van der Waals surface area contributed by atoms with E-state index in [1.807, 2.05) is 0 Å². The zero-order valence-corrected chi connectivity index (χ0v) is 11.7. The summed E-state index contributed by atoms with van der Waals surface area (Å²) in [4.78, 5) is 19.2. The van der Waals surface area contributed by atoms with E-state index in [1.165, 1.54) is 19.1 Å². The number of carbonyl (C=O) groups is 1. The van der Waals surface area contributed by atoms with Crippen molar-refractivity contribution < 1.29 is 18.4 Å². The second-order valence-electron chi connectivity index (χ2n) is 5.62. The van der Waals surface area contributed by atoms with Gasteiger partial charge >= 0.3 is 0 Å². The molecule has 1 aromatic rings. The summed E-state index contributed by atoms with van der Waals surface area (Å²) in [6.07, 6.45) is 3.76. The van der Waals surface area contributed by atoms with Crippen molar-refractivity contribution in [3.63, 3.8) is 0 Å². The lowest BCUT2D eigenvalue weighted by atomic mass is 9.89. The third kappa shape index (κ3) is 2.39. The molecule has 2 heterocycles. The fourth-order valence-electron chi connectivity index (χ4n) is 2.78. The number of carbonyl (C=O) groups excluding carboxylic acids is 1. The summed E-state index contributed by atoms with van der Waals surface area (Å²) in [6, 6.07) is 2.76. The number of rotatable bonds is 1. The topological polar surface area (TPSA) is 41.9 Å². The first-order valence-corrected chi connectivity index (χ1v) is 6.96. The number of hydrogen-bond acceptors (Lipinski definition) is 3. The summed E-state index contributed by atoms with van der Waals surface area (Å²) < 4.78 is 27.5. The van der Waals surface area contributed by atoms with E-state index in [1.54, 1.807) is 11.1 Å². The van der Waals surface area contributed by atoms with Gasteiger partial charge in [0.15, 0.2) is 11.6 Å². The molecule has 3 rings (SSSR count). The molecule has 2 aliphatic heterocycles. The maximum atomic E-state index is 13.9. The molecule has 4 nitrogen and oxygen atoms in total. The minimum Gasteiger partial charge on any atom is -0.389 e. The number of nitrogens with zero attached hydrogens (tertiary/aromatic N) is 2. The maximum absolute atomic E-state index is 13.9. The van der Waals surface area contributed by atoms with E-state index < -0.39 is 17.5 Å². The van der Waals surface area contributed by atoms with Gasteiger partial charge in [0.1, 0.15) is 5.60 Å². The summed E-state index contributed by atoms with van der Waals surface area (Å²) in [5.74, 6) is -2.50. The predicted molar refractivity (Wildman–Crippen MR) is 73.2 cm³/mol. The van der Waals surface area contributed by atoms with Crippen LogP contribution in [0.3, 0.4) is 0 Å². The predicted octanol–water partition coefficient (Wildman–Crippen LogP) is 2.65. The van der Waals surface area contributed by atoms with E-state index in [9.17, 15) is 13.6 Å². The zero-order valence-electron chi connectivity index (χ0n) is 11.7. The number of halogens is 2. The zero-order chi connectivity index (χ0) is 15.0. The van der Waals surface area contributed by atoms with Gasteiger partial charge < -0.3 is 9.74 Å². The minimum absolute atomic E-state index is 0.193. The molecule has 2 aliphatic rings. The maximum Gasteiger partial charge on any atom is 0.256 e. The summed E-state index contributed by atoms with van der Waals surface area (Å²) in [5, 5.41) is 3.79. The fourth-order valence-corrected chi connectivity index (χ4v) is 2.78. The lowest BCUT2D eigenvalue weighted by molar-refractivity contribution is -0.0568. The number of piperidine rings is 1. The van der Waals surface area contributed by atoms with E-state index >= 15 is 0 Å². The average Bonchev–Trinajstić information content (AvgIpc) is 2.93. The van der Waals surface area contributed by atoms with Crippen LogP contribution in [0.4, 0.5) is 8.78 Å². The molecule has 1 spiro atoms. The molecule has 1 amide bonds. The first-order chi connectivity index (χ1) is 10.0. The number of amides is 1. The Hall–Kier alpha value is -1.98. The van der Waals surface area contributed by atoms with Gasteiger partial charge in [-0.2, -0.15) is 0 Å². The van der Waals surface area contributed by atoms with Crippen LogP contribution < -0.4 is 0 Å². The first kappa shape index (κ1) is 14.0. The number of benzene rings is 1. The van der Waals surface area contributed by atoms with Crippen LogP contribution in [0.25, 0.3) is 0 Å². The van der Waals surface area contributed by atoms with E-state index in [-0.39, 0.29) is 16.7 Å². The molecule has 0 N–H and O–H groups in total. The van der Waals surface area contributed by atoms with E-state index in [0.717, 1.165) is 6.42 Å². The number of aryl methyl sites for hydroxylation is 1. The molecule has 21 heavy (non-hydrogen) atoms. The minimum atomic E-state index is -1.07. The van der Waals surface area contributed by atoms with Crippen LogP contribution in [0.1, 0.15) is 35.2 Å². The van der Waals surface area contributed by atoms with Gasteiger partial charge in [0.05, 0.1) is 5.56 Å². The van der Waals surface area contributed by atoms with Crippen molar-refractivity contribution in [2.75, 3.05) is 13.1 Å². The number of oxime groups is 1. The Morgan fingerprint density at radius 2 is 2.00 bits per heavy atom. The van der Waals surface area contributed by atoms with Crippen LogP contribution in [-0.4, -0.2) is 35.7 Å². The second-order valence-corrected chi connectivity index (χ2v) is 5.62. The Labute approximate surface area is 121 Å². The van der Waals surface area contributed by atoms with Crippen LogP contribution >= 0.6 is 0 Å². The normalized spacial score (nSPS) is 19.9. The third-order valence-corrected chi connectivity index (χ3v) is 4.25. The molecular formula is C15H16F2N2O2. The van der Waals surface area contributed by atoms with E-state index in [2.05, 4.69) is 5.16 Å². The van der Waals surface area contributed by atoms with Crippen LogP contribution in [0, 0.1) is 18.6 Å². The van der Waals surface area contributed by atoms with Crippen molar-refractivity contribution in [2.24, 2.45) is 5.16 Å². The Kier molecular flexibility index (Phi) is 3.39. The first-order valence-electron chi connectivity index (χ1n) is 6.96. The van der Waals surface area contributed by atoms with Crippen molar-refractivity contribution in [3.8, 4) is 0 Å². The van der Waals surface area contributed by atoms with Crippen molar-refractivity contribution in [1.82, 2.24) is 4.90 Å². The van der Waals surface area contributed by atoms with Crippen molar-refractivity contribution in [1.29, 1.82) is 0 Å². The molecule has 1 saturated heterocycles. The molecule has 0 atom stereocenters. The summed E-state index contributed by atoms with van der Waals surface area (Å²) >= 11 is 0. The highest BCUT2D eigenvalue weighted by Gasteiger charge is 2.40. The van der Waals surface area contributed by atoms with Gasteiger partial charge in [0, 0.05) is 38.6 Å². The molecule has 0 saturated carbocycles. The lowest BCUT2D eigenvalue weighted by Crippen LogP contribution is -2.46. The Bertz CT molecular complexity index is 598. The summed E-state index contributed by atoms with van der Waals surface area (Å²) in [7, 11) is 0. The lowest BCUT2D eigenvalue weighted by Gasteiger charge is -2.37. The fraction of sp³-hybridized carbons (Fsp3) is 0.467. The molecule has 6 heteroatoms. The monoisotopic (exact) mass is 294 g/mol. The molecule has 0 aliphatic carbocycles. The van der Waals surface area contributed by atoms with Crippen LogP contribution in [0.2, 0.25) is 0 Å². The highest BCUT2D eigenvalue weighted by atomic mass is 19.2. The smallest absolute Gasteiger partial charge is 0.256 e. The summed E-state index contributed by atoms with van der Waals surface area (Å²) in [5.41, 5.74) is -0.329. The molecule has 0 radical (unpaired) electrons. The van der Waals surface area contributed by atoms with Gasteiger partial charge in [-0.15, -0.1) is 0 Å². The van der Waals surface area contributed by atoms with Crippen LogP contribution in [0.5, 0.6) is 0 Å². The van der Waals surface area contributed by atoms with Crippen molar-refractivity contribution >= 4 is 12.1 Å². The second kappa shape index (κ2) is 5.09. The third-order valence-electron chi connectivity index (χ3n) is 4.25. The van der Waals surface area contributed by atoms with Gasteiger partial charge in [-0.3, -0.25) is 4.79 Å².